The number of rotatable bonds is 6. The monoisotopic (exact) mass is 365 g/mol. The van der Waals surface area contributed by atoms with Crippen LogP contribution in [0.15, 0.2) is 53.5 Å². The molecule has 0 aliphatic rings. The van der Waals surface area contributed by atoms with E-state index in [0.717, 1.165) is 35.4 Å². The highest BCUT2D eigenvalue weighted by atomic mass is 19.4. The summed E-state index contributed by atoms with van der Waals surface area (Å²) in [6, 6.07) is 12.9. The summed E-state index contributed by atoms with van der Waals surface area (Å²) < 4.78 is 42.9. The molecule has 0 aliphatic carbocycles. The van der Waals surface area contributed by atoms with Crippen LogP contribution in [0.1, 0.15) is 16.7 Å². The highest BCUT2D eigenvalue weighted by molar-refractivity contribution is 5.79. The highest BCUT2D eigenvalue weighted by Crippen LogP contribution is 2.29. The molecule has 0 radical (unpaired) electrons. The second kappa shape index (κ2) is 9.12. The summed E-state index contributed by atoms with van der Waals surface area (Å²) in [6.07, 6.45) is -3.53. The summed E-state index contributed by atoms with van der Waals surface area (Å²) in [5.41, 5.74) is 1.23. The van der Waals surface area contributed by atoms with Crippen molar-refractivity contribution in [3.63, 3.8) is 0 Å². The smallest absolute Gasteiger partial charge is 0.416 e. The average molecular weight is 365 g/mol. The number of methoxy groups -OCH3 is 1. The van der Waals surface area contributed by atoms with Gasteiger partial charge >= 0.3 is 6.18 Å². The van der Waals surface area contributed by atoms with Crippen LogP contribution < -0.4 is 15.4 Å². The molecule has 4 nitrogen and oxygen atoms in total. The lowest BCUT2D eigenvalue weighted by Crippen LogP contribution is -2.37. The first kappa shape index (κ1) is 19.6. The molecule has 7 heteroatoms. The lowest BCUT2D eigenvalue weighted by atomic mass is 10.1. The van der Waals surface area contributed by atoms with Gasteiger partial charge < -0.3 is 15.4 Å². The fraction of sp³-hybridized carbons (Fsp3) is 0.316. The van der Waals surface area contributed by atoms with Crippen LogP contribution in [0.4, 0.5) is 13.2 Å². The number of benzene rings is 2. The molecule has 140 valence electrons. The third kappa shape index (κ3) is 5.98. The Kier molecular flexibility index (Phi) is 6.89. The Bertz CT molecular complexity index is 728. The number of halogens is 3. The molecule has 0 aromatic heterocycles. The molecule has 2 aromatic rings. The Morgan fingerprint density at radius 1 is 1.04 bits per heavy atom. The van der Waals surface area contributed by atoms with E-state index < -0.39 is 11.7 Å². The van der Waals surface area contributed by atoms with E-state index >= 15 is 0 Å². The molecule has 0 amide bonds. The first-order valence-corrected chi connectivity index (χ1v) is 8.16. The van der Waals surface area contributed by atoms with E-state index in [1.165, 1.54) is 12.1 Å². The second-order valence-corrected chi connectivity index (χ2v) is 5.65. The minimum Gasteiger partial charge on any atom is -0.497 e. The molecule has 0 saturated heterocycles. The zero-order valence-electron chi connectivity index (χ0n) is 14.7. The van der Waals surface area contributed by atoms with Crippen molar-refractivity contribution in [1.82, 2.24) is 10.6 Å². The molecule has 0 unspecified atom stereocenters. The van der Waals surface area contributed by atoms with Crippen LogP contribution in [0.5, 0.6) is 5.75 Å². The molecule has 0 fully saturated rings. The van der Waals surface area contributed by atoms with Gasteiger partial charge in [-0.3, -0.25) is 4.99 Å². The zero-order valence-corrected chi connectivity index (χ0v) is 14.7. The van der Waals surface area contributed by atoms with Crippen LogP contribution in [-0.2, 0) is 19.1 Å². The largest absolute Gasteiger partial charge is 0.497 e. The molecule has 2 aromatic carbocycles. The van der Waals surface area contributed by atoms with E-state index in [4.69, 9.17) is 4.74 Å². The summed E-state index contributed by atoms with van der Waals surface area (Å²) in [6.45, 7) is 1.05. The molecule has 0 spiro atoms. The minimum absolute atomic E-state index is 0.386. The Hall–Kier alpha value is -2.70. The van der Waals surface area contributed by atoms with Crippen molar-refractivity contribution in [3.8, 4) is 5.75 Å². The van der Waals surface area contributed by atoms with Crippen molar-refractivity contribution in [3.05, 3.63) is 65.2 Å². The van der Waals surface area contributed by atoms with Gasteiger partial charge in [0.1, 0.15) is 5.75 Å². The average Bonchev–Trinajstić information content (AvgIpc) is 2.64. The summed E-state index contributed by atoms with van der Waals surface area (Å²) >= 11 is 0. The SMILES string of the molecule is CN=C(NCCc1cccc(OC)c1)NCc1ccc(C(F)(F)F)cc1. The third-order valence-electron chi connectivity index (χ3n) is 3.81. The maximum Gasteiger partial charge on any atom is 0.416 e. The predicted molar refractivity (Wildman–Crippen MR) is 96.3 cm³/mol. The summed E-state index contributed by atoms with van der Waals surface area (Å²) in [5, 5.41) is 6.27. The zero-order chi connectivity index (χ0) is 19.0. The predicted octanol–water partition coefficient (Wildman–Crippen LogP) is 3.62. The Balaban J connectivity index is 1.80. The summed E-state index contributed by atoms with van der Waals surface area (Å²) in [4.78, 5) is 4.11. The molecule has 2 rings (SSSR count). The second-order valence-electron chi connectivity index (χ2n) is 5.65. The van der Waals surface area contributed by atoms with Crippen molar-refractivity contribution < 1.29 is 17.9 Å². The van der Waals surface area contributed by atoms with Gasteiger partial charge in [0.15, 0.2) is 5.96 Å². The van der Waals surface area contributed by atoms with E-state index in [-0.39, 0.29) is 0 Å². The molecule has 26 heavy (non-hydrogen) atoms. The third-order valence-corrected chi connectivity index (χ3v) is 3.81. The van der Waals surface area contributed by atoms with Crippen LogP contribution in [-0.4, -0.2) is 26.7 Å². The fourth-order valence-corrected chi connectivity index (χ4v) is 2.37. The van der Waals surface area contributed by atoms with E-state index in [0.29, 0.717) is 19.0 Å². The van der Waals surface area contributed by atoms with E-state index in [9.17, 15) is 13.2 Å². The molecular formula is C19H22F3N3O. The Morgan fingerprint density at radius 3 is 2.38 bits per heavy atom. The molecular weight excluding hydrogens is 343 g/mol. The van der Waals surface area contributed by atoms with Gasteiger partial charge in [0, 0.05) is 20.1 Å². The number of nitrogens with zero attached hydrogens (tertiary/aromatic N) is 1. The van der Waals surface area contributed by atoms with Crippen LogP contribution >= 0.6 is 0 Å². The van der Waals surface area contributed by atoms with Gasteiger partial charge in [0.2, 0.25) is 0 Å². The minimum atomic E-state index is -4.32. The van der Waals surface area contributed by atoms with Gasteiger partial charge in [-0.25, -0.2) is 0 Å². The van der Waals surface area contributed by atoms with Crippen molar-refractivity contribution in [2.24, 2.45) is 4.99 Å². The number of alkyl halides is 3. The molecule has 0 heterocycles. The maximum absolute atomic E-state index is 12.6. The molecule has 0 aliphatic heterocycles. The standard InChI is InChI=1S/C19H22F3N3O/c1-23-18(24-11-10-14-4-3-5-17(12-14)26-2)25-13-15-6-8-16(9-7-15)19(20,21)22/h3-9,12H,10-11,13H2,1-2H3,(H2,23,24,25). The van der Waals surface area contributed by atoms with Crippen molar-refractivity contribution in [1.29, 1.82) is 0 Å². The first-order valence-electron chi connectivity index (χ1n) is 8.16. The normalized spacial score (nSPS) is 12.0. The van der Waals surface area contributed by atoms with Gasteiger partial charge in [0.05, 0.1) is 12.7 Å². The lowest BCUT2D eigenvalue weighted by molar-refractivity contribution is -0.137. The van der Waals surface area contributed by atoms with Gasteiger partial charge in [0.25, 0.3) is 0 Å². The number of ether oxygens (including phenoxy) is 1. The van der Waals surface area contributed by atoms with Gasteiger partial charge in [-0.2, -0.15) is 13.2 Å². The van der Waals surface area contributed by atoms with Crippen molar-refractivity contribution in [2.75, 3.05) is 20.7 Å². The van der Waals surface area contributed by atoms with Crippen LogP contribution in [0.2, 0.25) is 0 Å². The van der Waals surface area contributed by atoms with Crippen LogP contribution in [0.3, 0.4) is 0 Å². The summed E-state index contributed by atoms with van der Waals surface area (Å²) in [5.74, 6) is 1.40. The molecule has 2 N–H and O–H groups in total. The van der Waals surface area contributed by atoms with E-state index in [1.54, 1.807) is 14.2 Å². The molecule has 0 saturated carbocycles. The van der Waals surface area contributed by atoms with Gasteiger partial charge in [-0.15, -0.1) is 0 Å². The first-order chi connectivity index (χ1) is 12.4. The number of hydrogen-bond donors (Lipinski definition) is 2. The fourth-order valence-electron chi connectivity index (χ4n) is 2.37. The Morgan fingerprint density at radius 2 is 1.77 bits per heavy atom. The molecule has 0 bridgehead atoms. The van der Waals surface area contributed by atoms with Gasteiger partial charge in [-0.05, 0) is 41.8 Å². The van der Waals surface area contributed by atoms with E-state index in [1.807, 2.05) is 24.3 Å². The highest BCUT2D eigenvalue weighted by Gasteiger charge is 2.29. The maximum atomic E-state index is 12.6. The lowest BCUT2D eigenvalue weighted by Gasteiger charge is -2.13. The van der Waals surface area contributed by atoms with Crippen LogP contribution in [0.25, 0.3) is 0 Å². The molecule has 0 atom stereocenters. The number of guanidine groups is 1. The van der Waals surface area contributed by atoms with E-state index in [2.05, 4.69) is 15.6 Å². The number of nitrogens with one attached hydrogen (secondary N) is 2. The Labute approximate surface area is 151 Å². The van der Waals surface area contributed by atoms with Gasteiger partial charge in [-0.1, -0.05) is 24.3 Å². The quantitative estimate of drug-likeness (QED) is 0.607. The van der Waals surface area contributed by atoms with Crippen molar-refractivity contribution in [2.45, 2.75) is 19.1 Å². The number of aliphatic imine (C=N–C) groups is 1. The van der Waals surface area contributed by atoms with Crippen molar-refractivity contribution >= 4 is 5.96 Å². The number of hydrogen-bond acceptors (Lipinski definition) is 2. The topological polar surface area (TPSA) is 45.7 Å². The summed E-state index contributed by atoms with van der Waals surface area (Å²) in [7, 11) is 3.28. The van der Waals surface area contributed by atoms with Crippen LogP contribution in [0, 0.1) is 0 Å².